The highest BCUT2D eigenvalue weighted by Crippen LogP contribution is 2.21. The second-order valence-corrected chi connectivity index (χ2v) is 6.01. The minimum Gasteiger partial charge on any atom is -0.496 e. The fourth-order valence-corrected chi connectivity index (χ4v) is 2.95. The quantitative estimate of drug-likeness (QED) is 0.864. The minimum atomic E-state index is 0.330. The highest BCUT2D eigenvalue weighted by Gasteiger charge is 2.16. The van der Waals surface area contributed by atoms with E-state index in [2.05, 4.69) is 25.2 Å². The topological polar surface area (TPSA) is 72.4 Å². The first-order valence-corrected chi connectivity index (χ1v) is 8.71. The second-order valence-electron chi connectivity index (χ2n) is 6.01. The van der Waals surface area contributed by atoms with Crippen LogP contribution in [0.3, 0.4) is 0 Å². The first-order chi connectivity index (χ1) is 12.3. The van der Waals surface area contributed by atoms with Gasteiger partial charge >= 0.3 is 6.01 Å². The van der Waals surface area contributed by atoms with Crippen LogP contribution >= 0.6 is 0 Å². The smallest absolute Gasteiger partial charge is 0.322 e. The lowest BCUT2D eigenvalue weighted by molar-refractivity contribution is 0.378. The lowest BCUT2D eigenvalue weighted by atomic mass is 10.2. The van der Waals surface area contributed by atoms with Crippen LogP contribution in [0.15, 0.2) is 24.3 Å². The van der Waals surface area contributed by atoms with Crippen LogP contribution in [0.25, 0.3) is 0 Å². The van der Waals surface area contributed by atoms with E-state index < -0.39 is 0 Å². The summed E-state index contributed by atoms with van der Waals surface area (Å²) in [6.07, 6.45) is 4.85. The zero-order valence-electron chi connectivity index (χ0n) is 14.9. The fraction of sp³-hybridized carbons (Fsp3) is 0.500. The Bertz CT molecular complexity index is 687. The van der Waals surface area contributed by atoms with E-state index in [9.17, 15) is 0 Å². The van der Waals surface area contributed by atoms with E-state index in [-0.39, 0.29) is 0 Å². The number of rotatable bonds is 6. The maximum atomic E-state index is 5.39. The van der Waals surface area contributed by atoms with E-state index in [1.54, 1.807) is 14.2 Å². The summed E-state index contributed by atoms with van der Waals surface area (Å²) in [5, 5.41) is 3.26. The summed E-state index contributed by atoms with van der Waals surface area (Å²) in [5.41, 5.74) is 1.04. The number of para-hydroxylation sites is 1. The van der Waals surface area contributed by atoms with Gasteiger partial charge in [0.15, 0.2) is 0 Å². The van der Waals surface area contributed by atoms with Crippen molar-refractivity contribution in [2.24, 2.45) is 0 Å². The molecular weight excluding hydrogens is 318 g/mol. The molecule has 0 bridgehead atoms. The van der Waals surface area contributed by atoms with Crippen molar-refractivity contribution in [2.45, 2.75) is 32.2 Å². The van der Waals surface area contributed by atoms with Crippen molar-refractivity contribution >= 4 is 11.9 Å². The van der Waals surface area contributed by atoms with Gasteiger partial charge in [0.25, 0.3) is 0 Å². The Hall–Kier alpha value is -2.57. The number of nitrogens with one attached hydrogen (secondary N) is 1. The number of nitrogens with zero attached hydrogens (tertiary/aromatic N) is 4. The largest absolute Gasteiger partial charge is 0.496 e. The maximum absolute atomic E-state index is 5.39. The Morgan fingerprint density at radius 2 is 1.72 bits per heavy atom. The summed E-state index contributed by atoms with van der Waals surface area (Å²) in [6, 6.07) is 8.21. The van der Waals surface area contributed by atoms with Crippen LogP contribution in [0.5, 0.6) is 11.8 Å². The zero-order chi connectivity index (χ0) is 17.5. The molecule has 0 amide bonds. The zero-order valence-corrected chi connectivity index (χ0v) is 14.9. The molecular formula is C18H25N5O2. The Labute approximate surface area is 148 Å². The molecule has 7 nitrogen and oxygen atoms in total. The summed E-state index contributed by atoms with van der Waals surface area (Å²) in [4.78, 5) is 15.5. The molecule has 1 aliphatic heterocycles. The van der Waals surface area contributed by atoms with Gasteiger partial charge in [-0.3, -0.25) is 0 Å². The molecule has 0 radical (unpaired) electrons. The minimum absolute atomic E-state index is 0.330. The molecule has 0 aliphatic carbocycles. The molecule has 1 saturated heterocycles. The Morgan fingerprint density at radius 3 is 2.44 bits per heavy atom. The maximum Gasteiger partial charge on any atom is 0.322 e. The molecule has 1 aliphatic rings. The van der Waals surface area contributed by atoms with E-state index in [1.165, 1.54) is 12.8 Å². The third-order valence-electron chi connectivity index (χ3n) is 4.30. The summed E-state index contributed by atoms with van der Waals surface area (Å²) < 4.78 is 10.6. The molecule has 1 aromatic carbocycles. The number of benzene rings is 1. The van der Waals surface area contributed by atoms with Gasteiger partial charge in [-0.2, -0.15) is 15.0 Å². The van der Waals surface area contributed by atoms with E-state index in [4.69, 9.17) is 9.47 Å². The molecule has 1 N–H and O–H groups in total. The number of methoxy groups -OCH3 is 2. The first kappa shape index (κ1) is 17.3. The van der Waals surface area contributed by atoms with Crippen molar-refractivity contribution in [1.29, 1.82) is 0 Å². The van der Waals surface area contributed by atoms with Crippen molar-refractivity contribution in [1.82, 2.24) is 15.0 Å². The SMILES string of the molecule is COc1nc(NCc2ccccc2OC)nc(N2CCCCCC2)n1. The van der Waals surface area contributed by atoms with E-state index in [1.807, 2.05) is 24.3 Å². The van der Waals surface area contributed by atoms with Crippen LogP contribution in [0, 0.1) is 0 Å². The molecule has 25 heavy (non-hydrogen) atoms. The molecule has 0 spiro atoms. The predicted molar refractivity (Wildman–Crippen MR) is 97.4 cm³/mol. The van der Waals surface area contributed by atoms with Gasteiger partial charge in [-0.1, -0.05) is 31.0 Å². The molecule has 1 fully saturated rings. The van der Waals surface area contributed by atoms with Gasteiger partial charge in [0.05, 0.1) is 14.2 Å². The van der Waals surface area contributed by atoms with Gasteiger partial charge in [0, 0.05) is 25.2 Å². The van der Waals surface area contributed by atoms with E-state index >= 15 is 0 Å². The van der Waals surface area contributed by atoms with Crippen molar-refractivity contribution in [3.05, 3.63) is 29.8 Å². The Morgan fingerprint density at radius 1 is 0.960 bits per heavy atom. The van der Waals surface area contributed by atoms with Gasteiger partial charge in [-0.05, 0) is 18.9 Å². The number of aromatic nitrogens is 3. The highest BCUT2D eigenvalue weighted by molar-refractivity contribution is 5.41. The number of hydrogen-bond acceptors (Lipinski definition) is 7. The first-order valence-electron chi connectivity index (χ1n) is 8.71. The van der Waals surface area contributed by atoms with Crippen molar-refractivity contribution in [2.75, 3.05) is 37.5 Å². The van der Waals surface area contributed by atoms with Crippen molar-refractivity contribution < 1.29 is 9.47 Å². The van der Waals surface area contributed by atoms with Crippen molar-refractivity contribution in [3.63, 3.8) is 0 Å². The molecule has 1 aromatic heterocycles. The van der Waals surface area contributed by atoms with Crippen LogP contribution in [0.4, 0.5) is 11.9 Å². The molecule has 3 rings (SSSR count). The average Bonchev–Trinajstić information content (AvgIpc) is 2.96. The lowest BCUT2D eigenvalue weighted by Gasteiger charge is -2.20. The lowest BCUT2D eigenvalue weighted by Crippen LogP contribution is -2.26. The summed E-state index contributed by atoms with van der Waals surface area (Å²) >= 11 is 0. The standard InChI is InChI=1S/C18H25N5O2/c1-24-15-10-6-5-9-14(15)13-19-16-20-17(22-18(21-16)25-2)23-11-7-3-4-8-12-23/h5-6,9-10H,3-4,7-8,11-13H2,1-2H3,(H,19,20,21,22). The van der Waals surface area contributed by atoms with Crippen LogP contribution < -0.4 is 19.7 Å². The second kappa shape index (κ2) is 8.50. The van der Waals surface area contributed by atoms with E-state index in [0.717, 1.165) is 37.2 Å². The highest BCUT2D eigenvalue weighted by atomic mass is 16.5. The van der Waals surface area contributed by atoms with Crippen molar-refractivity contribution in [3.8, 4) is 11.8 Å². The molecule has 2 aromatic rings. The molecule has 7 heteroatoms. The van der Waals surface area contributed by atoms with Crippen LogP contribution in [0.1, 0.15) is 31.2 Å². The molecule has 0 atom stereocenters. The number of anilines is 2. The Balaban J connectivity index is 1.77. The molecule has 0 unspecified atom stereocenters. The van der Waals surface area contributed by atoms with Gasteiger partial charge in [-0.15, -0.1) is 0 Å². The molecule has 0 saturated carbocycles. The third-order valence-corrected chi connectivity index (χ3v) is 4.30. The fourth-order valence-electron chi connectivity index (χ4n) is 2.95. The Kier molecular flexibility index (Phi) is 5.87. The van der Waals surface area contributed by atoms with Gasteiger partial charge in [0.1, 0.15) is 5.75 Å². The summed E-state index contributed by atoms with van der Waals surface area (Å²) in [5.74, 6) is 2.03. The average molecular weight is 343 g/mol. The molecule has 134 valence electrons. The third kappa shape index (κ3) is 4.49. The van der Waals surface area contributed by atoms with Gasteiger partial charge in [0.2, 0.25) is 11.9 Å². The van der Waals surface area contributed by atoms with Gasteiger partial charge in [-0.25, -0.2) is 0 Å². The predicted octanol–water partition coefficient (Wildman–Crippen LogP) is 2.88. The monoisotopic (exact) mass is 343 g/mol. The van der Waals surface area contributed by atoms with Crippen LogP contribution in [0.2, 0.25) is 0 Å². The normalized spacial score (nSPS) is 14.7. The summed E-state index contributed by atoms with van der Waals surface area (Å²) in [7, 11) is 3.24. The number of ether oxygens (including phenoxy) is 2. The van der Waals surface area contributed by atoms with Gasteiger partial charge < -0.3 is 19.7 Å². The van der Waals surface area contributed by atoms with Crippen LogP contribution in [-0.2, 0) is 6.54 Å². The van der Waals surface area contributed by atoms with E-state index in [0.29, 0.717) is 24.5 Å². The number of hydrogen-bond donors (Lipinski definition) is 1. The van der Waals surface area contributed by atoms with Crippen LogP contribution in [-0.4, -0.2) is 42.3 Å². The summed E-state index contributed by atoms with van der Waals surface area (Å²) in [6.45, 7) is 2.51. The molecule has 2 heterocycles.